The molecule has 156 valence electrons. The zero-order valence-electron chi connectivity index (χ0n) is 15.9. The molecule has 2 N–H and O–H groups in total. The van der Waals surface area contributed by atoms with Gasteiger partial charge in [0.25, 0.3) is 5.91 Å². The molecule has 1 fully saturated rings. The first-order valence-corrected chi connectivity index (χ1v) is 9.55. The summed E-state index contributed by atoms with van der Waals surface area (Å²) in [5, 5.41) is 16.9. The van der Waals surface area contributed by atoms with Crippen molar-refractivity contribution in [2.24, 2.45) is 5.92 Å². The zero-order valence-corrected chi connectivity index (χ0v) is 15.9. The standard InChI is InChI=1S/C22H20F3N3O2/c23-22(24,25)17-8-4-7-15(10-17)20-18(11-26-27-20)21(30)28-12-16(19(29)13-28)9-14-5-2-1-3-6-14/h1-8,10-11,16,19,29H,9,12-13H2,(H,26,27)/t16-,19-/m1/s1. The molecule has 0 spiro atoms. The summed E-state index contributed by atoms with van der Waals surface area (Å²) >= 11 is 0. The highest BCUT2D eigenvalue weighted by atomic mass is 19.4. The molecule has 0 saturated carbocycles. The molecule has 2 aromatic carbocycles. The van der Waals surface area contributed by atoms with E-state index in [9.17, 15) is 23.1 Å². The number of H-pyrrole nitrogens is 1. The lowest BCUT2D eigenvalue weighted by molar-refractivity contribution is -0.137. The largest absolute Gasteiger partial charge is 0.416 e. The normalized spacial score (nSPS) is 19.3. The van der Waals surface area contributed by atoms with Crippen LogP contribution in [0.4, 0.5) is 13.2 Å². The average molecular weight is 415 g/mol. The lowest BCUT2D eigenvalue weighted by atomic mass is 9.97. The third-order valence-corrected chi connectivity index (χ3v) is 5.38. The summed E-state index contributed by atoms with van der Waals surface area (Å²) in [4.78, 5) is 14.6. The number of carbonyl (C=O) groups is 1. The van der Waals surface area contributed by atoms with Crippen molar-refractivity contribution in [1.82, 2.24) is 15.1 Å². The van der Waals surface area contributed by atoms with Gasteiger partial charge < -0.3 is 10.0 Å². The number of hydrogen-bond acceptors (Lipinski definition) is 3. The van der Waals surface area contributed by atoms with E-state index in [-0.39, 0.29) is 35.2 Å². The van der Waals surface area contributed by atoms with Crippen LogP contribution in [0.3, 0.4) is 0 Å². The second-order valence-electron chi connectivity index (χ2n) is 7.46. The van der Waals surface area contributed by atoms with Crippen LogP contribution in [0.25, 0.3) is 11.3 Å². The molecule has 0 unspecified atom stereocenters. The number of aliphatic hydroxyl groups is 1. The van der Waals surface area contributed by atoms with Gasteiger partial charge in [0, 0.05) is 24.6 Å². The molecule has 0 radical (unpaired) electrons. The molecule has 1 aromatic heterocycles. The molecule has 1 saturated heterocycles. The molecule has 1 amide bonds. The Labute approximate surface area is 171 Å². The maximum Gasteiger partial charge on any atom is 0.416 e. The van der Waals surface area contributed by atoms with E-state index in [1.165, 1.54) is 23.2 Å². The Morgan fingerprint density at radius 2 is 1.90 bits per heavy atom. The van der Waals surface area contributed by atoms with E-state index in [0.717, 1.165) is 17.7 Å². The van der Waals surface area contributed by atoms with Crippen LogP contribution in [0.15, 0.2) is 60.8 Å². The smallest absolute Gasteiger partial charge is 0.391 e. The van der Waals surface area contributed by atoms with E-state index in [0.29, 0.717) is 13.0 Å². The molecule has 0 bridgehead atoms. The maximum absolute atomic E-state index is 13.1. The maximum atomic E-state index is 13.1. The number of aromatic amines is 1. The number of amides is 1. The summed E-state index contributed by atoms with van der Waals surface area (Å²) in [6.45, 7) is 0.533. The molecule has 1 aliphatic heterocycles. The molecule has 0 aliphatic carbocycles. The van der Waals surface area contributed by atoms with Gasteiger partial charge >= 0.3 is 6.18 Å². The van der Waals surface area contributed by atoms with Crippen molar-refractivity contribution in [3.63, 3.8) is 0 Å². The lowest BCUT2D eigenvalue weighted by Gasteiger charge is -2.16. The monoisotopic (exact) mass is 415 g/mol. The van der Waals surface area contributed by atoms with Crippen LogP contribution in [0.5, 0.6) is 0 Å². The van der Waals surface area contributed by atoms with Crippen molar-refractivity contribution in [3.05, 3.63) is 77.5 Å². The number of aromatic nitrogens is 2. The van der Waals surface area contributed by atoms with Crippen molar-refractivity contribution < 1.29 is 23.1 Å². The van der Waals surface area contributed by atoms with Crippen LogP contribution < -0.4 is 0 Å². The van der Waals surface area contributed by atoms with Crippen LogP contribution in [0.2, 0.25) is 0 Å². The molecule has 30 heavy (non-hydrogen) atoms. The van der Waals surface area contributed by atoms with Crippen molar-refractivity contribution in [2.75, 3.05) is 13.1 Å². The van der Waals surface area contributed by atoms with Crippen molar-refractivity contribution in [2.45, 2.75) is 18.7 Å². The quantitative estimate of drug-likeness (QED) is 0.682. The predicted molar refractivity (Wildman–Crippen MR) is 105 cm³/mol. The van der Waals surface area contributed by atoms with Gasteiger partial charge in [-0.3, -0.25) is 9.89 Å². The summed E-state index contributed by atoms with van der Waals surface area (Å²) in [7, 11) is 0. The van der Waals surface area contributed by atoms with Crippen molar-refractivity contribution in [1.29, 1.82) is 0 Å². The fourth-order valence-corrected chi connectivity index (χ4v) is 3.83. The molecule has 5 nitrogen and oxygen atoms in total. The van der Waals surface area contributed by atoms with Gasteiger partial charge in [-0.2, -0.15) is 18.3 Å². The van der Waals surface area contributed by atoms with E-state index in [1.807, 2.05) is 30.3 Å². The number of β-amino-alcohol motifs (C(OH)–C–C–N with tert-alkyl or cyclic N) is 1. The molecular weight excluding hydrogens is 395 g/mol. The van der Waals surface area contributed by atoms with Gasteiger partial charge in [0.1, 0.15) is 0 Å². The van der Waals surface area contributed by atoms with Crippen LogP contribution in [0, 0.1) is 5.92 Å². The fraction of sp³-hybridized carbons (Fsp3) is 0.273. The van der Waals surface area contributed by atoms with E-state index >= 15 is 0 Å². The first kappa shape index (κ1) is 20.2. The molecule has 3 aromatic rings. The molecular formula is C22H20F3N3O2. The van der Waals surface area contributed by atoms with Gasteiger partial charge in [-0.25, -0.2) is 0 Å². The number of carbonyl (C=O) groups excluding carboxylic acids is 1. The zero-order chi connectivity index (χ0) is 21.3. The number of rotatable bonds is 4. The minimum atomic E-state index is -4.48. The predicted octanol–water partition coefficient (Wildman–Crippen LogP) is 3.77. The van der Waals surface area contributed by atoms with Crippen molar-refractivity contribution in [3.8, 4) is 11.3 Å². The van der Waals surface area contributed by atoms with E-state index in [1.54, 1.807) is 0 Å². The highest BCUT2D eigenvalue weighted by molar-refractivity contribution is 6.00. The highest BCUT2D eigenvalue weighted by Crippen LogP contribution is 2.33. The second kappa shape index (κ2) is 7.95. The Morgan fingerprint density at radius 1 is 1.13 bits per heavy atom. The summed E-state index contributed by atoms with van der Waals surface area (Å²) in [5.41, 5.74) is 0.913. The second-order valence-corrected chi connectivity index (χ2v) is 7.46. The summed E-state index contributed by atoms with van der Waals surface area (Å²) in [5.74, 6) is -0.481. The first-order chi connectivity index (χ1) is 14.3. The molecule has 8 heteroatoms. The SMILES string of the molecule is O=C(c1cn[nH]c1-c1cccc(C(F)(F)F)c1)N1C[C@@H](Cc2ccccc2)[C@H](O)C1. The van der Waals surface area contributed by atoms with E-state index in [4.69, 9.17) is 0 Å². The number of halogens is 3. The Hall–Kier alpha value is -3.13. The average Bonchev–Trinajstić information content (AvgIpc) is 3.35. The van der Waals surface area contributed by atoms with Gasteiger partial charge in [-0.05, 0) is 24.1 Å². The van der Waals surface area contributed by atoms with Crippen LogP contribution in [-0.2, 0) is 12.6 Å². The third-order valence-electron chi connectivity index (χ3n) is 5.38. The number of aliphatic hydroxyl groups excluding tert-OH is 1. The van der Waals surface area contributed by atoms with Crippen LogP contribution >= 0.6 is 0 Å². The Balaban J connectivity index is 1.54. The highest BCUT2D eigenvalue weighted by Gasteiger charge is 2.36. The number of nitrogens with one attached hydrogen (secondary N) is 1. The number of nitrogens with zero attached hydrogens (tertiary/aromatic N) is 2. The Bertz CT molecular complexity index is 1030. The molecule has 2 atom stereocenters. The summed E-state index contributed by atoms with van der Waals surface area (Å²) in [6.07, 6.45) is -3.20. The lowest BCUT2D eigenvalue weighted by Crippen LogP contribution is -2.29. The number of likely N-dealkylation sites (tertiary alicyclic amines) is 1. The van der Waals surface area contributed by atoms with Gasteiger partial charge in [0.2, 0.25) is 0 Å². The first-order valence-electron chi connectivity index (χ1n) is 9.55. The van der Waals surface area contributed by atoms with E-state index < -0.39 is 17.8 Å². The van der Waals surface area contributed by atoms with Gasteiger partial charge in [0.05, 0.1) is 29.1 Å². The minimum Gasteiger partial charge on any atom is -0.391 e. The van der Waals surface area contributed by atoms with Gasteiger partial charge in [-0.15, -0.1) is 0 Å². The van der Waals surface area contributed by atoms with Gasteiger partial charge in [0.15, 0.2) is 0 Å². The third kappa shape index (κ3) is 4.09. The number of alkyl halides is 3. The molecule has 2 heterocycles. The Morgan fingerprint density at radius 3 is 2.63 bits per heavy atom. The fourth-order valence-electron chi connectivity index (χ4n) is 3.83. The van der Waals surface area contributed by atoms with Gasteiger partial charge in [-0.1, -0.05) is 42.5 Å². The van der Waals surface area contributed by atoms with Crippen LogP contribution in [-0.4, -0.2) is 45.3 Å². The minimum absolute atomic E-state index is 0.111. The Kier molecular flexibility index (Phi) is 5.34. The number of hydrogen-bond donors (Lipinski definition) is 2. The van der Waals surface area contributed by atoms with E-state index in [2.05, 4.69) is 10.2 Å². The topological polar surface area (TPSA) is 69.2 Å². The number of benzene rings is 2. The van der Waals surface area contributed by atoms with Crippen LogP contribution in [0.1, 0.15) is 21.5 Å². The van der Waals surface area contributed by atoms with Crippen molar-refractivity contribution >= 4 is 5.91 Å². The summed E-state index contributed by atoms with van der Waals surface area (Å²) < 4.78 is 39.2. The summed E-state index contributed by atoms with van der Waals surface area (Å²) in [6, 6.07) is 14.5. The molecule has 4 rings (SSSR count). The molecule has 1 aliphatic rings.